The molecule has 2 heterocycles. The fourth-order valence-electron chi connectivity index (χ4n) is 5.54. The van der Waals surface area contributed by atoms with Crippen molar-refractivity contribution in [1.82, 2.24) is 15.1 Å². The van der Waals surface area contributed by atoms with Gasteiger partial charge < -0.3 is 24.6 Å². The molecule has 8 heteroatoms. The van der Waals surface area contributed by atoms with Gasteiger partial charge in [-0.25, -0.2) is 4.79 Å². The zero-order valence-corrected chi connectivity index (χ0v) is 24.6. The lowest BCUT2D eigenvalue weighted by molar-refractivity contribution is -0.138. The molecule has 7 nitrogen and oxygen atoms in total. The number of benzene rings is 2. The van der Waals surface area contributed by atoms with Gasteiger partial charge in [-0.3, -0.25) is 4.79 Å². The van der Waals surface area contributed by atoms with Gasteiger partial charge in [-0.1, -0.05) is 46.3 Å². The van der Waals surface area contributed by atoms with Gasteiger partial charge in [0.2, 0.25) is 5.91 Å². The number of nitrogens with one attached hydrogen (secondary N) is 1. The molecule has 0 radical (unpaired) electrons. The summed E-state index contributed by atoms with van der Waals surface area (Å²) >= 11 is 3.48. The highest BCUT2D eigenvalue weighted by molar-refractivity contribution is 9.10. The molecule has 2 aromatic rings. The molecule has 0 saturated carbocycles. The topological polar surface area (TPSA) is 71.1 Å². The Bertz CT molecular complexity index is 1110. The van der Waals surface area contributed by atoms with Crippen LogP contribution >= 0.6 is 15.9 Å². The Morgan fingerprint density at radius 3 is 2.37 bits per heavy atom. The summed E-state index contributed by atoms with van der Waals surface area (Å²) < 4.78 is 12.2. The fourth-order valence-corrected chi connectivity index (χ4v) is 5.81. The van der Waals surface area contributed by atoms with Crippen molar-refractivity contribution < 1.29 is 19.1 Å². The van der Waals surface area contributed by atoms with E-state index in [1.807, 2.05) is 62.1 Å². The molecule has 1 atom stereocenters. The van der Waals surface area contributed by atoms with E-state index in [0.717, 1.165) is 73.2 Å². The third-order valence-corrected chi connectivity index (χ3v) is 8.17. The summed E-state index contributed by atoms with van der Waals surface area (Å²) in [5, 5.41) is 3.06. The van der Waals surface area contributed by atoms with Crippen LogP contribution in [0.15, 0.2) is 53.0 Å². The Morgan fingerprint density at radius 2 is 1.71 bits per heavy atom. The molecule has 1 N–H and O–H groups in total. The van der Waals surface area contributed by atoms with E-state index < -0.39 is 11.7 Å². The number of likely N-dealkylation sites (tertiary alicyclic amines) is 2. The van der Waals surface area contributed by atoms with Crippen LogP contribution in [0, 0.1) is 5.41 Å². The lowest BCUT2D eigenvalue weighted by Gasteiger charge is -2.38. The van der Waals surface area contributed by atoms with Gasteiger partial charge in [-0.05, 0) is 83.3 Å². The van der Waals surface area contributed by atoms with Gasteiger partial charge in [-0.15, -0.1) is 0 Å². The van der Waals surface area contributed by atoms with Crippen molar-refractivity contribution in [3.63, 3.8) is 0 Å². The molecule has 4 rings (SSSR count). The molecule has 0 aliphatic carbocycles. The number of amides is 2. The standard InChI is InChI=1S/C30H40BrN3O4/c1-29(2,3)38-28(36)32-25(24-7-5-6-8-26(24)37-4)13-17-33-18-14-30(15-19-33)16-20-34(27(30)35)21-22-9-11-23(31)12-10-22/h5-12,25H,13-21H2,1-4H3,(H,32,36). The molecule has 2 aliphatic rings. The highest BCUT2D eigenvalue weighted by Crippen LogP contribution is 2.42. The molecule has 2 saturated heterocycles. The highest BCUT2D eigenvalue weighted by Gasteiger charge is 2.47. The quantitative estimate of drug-likeness (QED) is 0.416. The van der Waals surface area contributed by atoms with Crippen molar-refractivity contribution in [2.75, 3.05) is 33.3 Å². The predicted octanol–water partition coefficient (Wildman–Crippen LogP) is 5.93. The summed E-state index contributed by atoms with van der Waals surface area (Å²) in [5.74, 6) is 1.05. The van der Waals surface area contributed by atoms with Gasteiger partial charge in [0.25, 0.3) is 0 Å². The Kier molecular flexibility index (Phi) is 9.04. The Morgan fingerprint density at radius 1 is 1.05 bits per heavy atom. The van der Waals surface area contributed by atoms with Crippen LogP contribution in [0.4, 0.5) is 4.79 Å². The first-order chi connectivity index (χ1) is 18.1. The summed E-state index contributed by atoms with van der Waals surface area (Å²) in [4.78, 5) is 30.5. The fraction of sp³-hybridized carbons (Fsp3) is 0.533. The minimum absolute atomic E-state index is 0.233. The Balaban J connectivity index is 1.35. The maximum absolute atomic E-state index is 13.4. The Hall–Kier alpha value is -2.58. The van der Waals surface area contributed by atoms with Crippen molar-refractivity contribution in [3.8, 4) is 5.75 Å². The average Bonchev–Trinajstić information content (AvgIpc) is 3.17. The van der Waals surface area contributed by atoms with Crippen LogP contribution in [0.3, 0.4) is 0 Å². The van der Waals surface area contributed by atoms with E-state index in [1.165, 1.54) is 0 Å². The molecule has 2 fully saturated rings. The second-order valence-electron chi connectivity index (χ2n) is 11.5. The molecule has 38 heavy (non-hydrogen) atoms. The number of nitrogens with zero attached hydrogens (tertiary/aromatic N) is 2. The summed E-state index contributed by atoms with van der Waals surface area (Å²) in [6.07, 6.45) is 2.97. The summed E-state index contributed by atoms with van der Waals surface area (Å²) in [5.41, 5.74) is 1.29. The first-order valence-electron chi connectivity index (χ1n) is 13.5. The van der Waals surface area contributed by atoms with Gasteiger partial charge in [0.05, 0.1) is 18.6 Å². The second-order valence-corrected chi connectivity index (χ2v) is 12.4. The normalized spacial score (nSPS) is 18.4. The lowest BCUT2D eigenvalue weighted by atomic mass is 9.77. The van der Waals surface area contributed by atoms with Crippen molar-refractivity contribution in [1.29, 1.82) is 0 Å². The number of hydrogen-bond donors (Lipinski definition) is 1. The SMILES string of the molecule is COc1ccccc1C(CCN1CCC2(CC1)CCN(Cc1ccc(Br)cc1)C2=O)NC(=O)OC(C)(C)C. The molecule has 0 aromatic heterocycles. The molecule has 1 unspecified atom stereocenters. The van der Waals surface area contributed by atoms with Crippen LogP contribution in [0.5, 0.6) is 5.75 Å². The largest absolute Gasteiger partial charge is 0.496 e. The van der Waals surface area contributed by atoms with Crippen molar-refractivity contribution in [2.45, 2.75) is 64.6 Å². The van der Waals surface area contributed by atoms with Crippen molar-refractivity contribution >= 4 is 27.9 Å². The lowest BCUT2D eigenvalue weighted by Crippen LogP contribution is -2.45. The van der Waals surface area contributed by atoms with Crippen molar-refractivity contribution in [2.24, 2.45) is 5.41 Å². The molecule has 0 bridgehead atoms. The number of carbonyl (C=O) groups is 2. The number of carbonyl (C=O) groups excluding carboxylic acids is 2. The number of hydrogen-bond acceptors (Lipinski definition) is 5. The second kappa shape index (κ2) is 12.1. The summed E-state index contributed by atoms with van der Waals surface area (Å²) in [6, 6.07) is 15.8. The van der Waals surface area contributed by atoms with Gasteiger partial charge in [0.1, 0.15) is 11.4 Å². The van der Waals surface area contributed by atoms with Crippen LogP contribution in [0.1, 0.15) is 63.6 Å². The van der Waals surface area contributed by atoms with E-state index in [0.29, 0.717) is 12.5 Å². The van der Waals surface area contributed by atoms with Gasteiger partial charge in [0.15, 0.2) is 0 Å². The van der Waals surface area contributed by atoms with Gasteiger partial charge >= 0.3 is 6.09 Å². The van der Waals surface area contributed by atoms with Crippen molar-refractivity contribution in [3.05, 3.63) is 64.1 Å². The number of methoxy groups -OCH3 is 1. The van der Waals surface area contributed by atoms with E-state index in [4.69, 9.17) is 9.47 Å². The van der Waals surface area contributed by atoms with E-state index in [1.54, 1.807) is 7.11 Å². The number of ether oxygens (including phenoxy) is 2. The molecule has 206 valence electrons. The molecule has 2 aliphatic heterocycles. The van der Waals surface area contributed by atoms with E-state index in [9.17, 15) is 9.59 Å². The zero-order chi connectivity index (χ0) is 27.3. The van der Waals surface area contributed by atoms with Gasteiger partial charge in [-0.2, -0.15) is 0 Å². The average molecular weight is 587 g/mol. The zero-order valence-electron chi connectivity index (χ0n) is 23.0. The maximum atomic E-state index is 13.4. The monoisotopic (exact) mass is 585 g/mol. The molecular weight excluding hydrogens is 546 g/mol. The van der Waals surface area contributed by atoms with Crippen LogP contribution in [0.25, 0.3) is 0 Å². The predicted molar refractivity (Wildman–Crippen MR) is 152 cm³/mol. The Labute approximate surface area is 235 Å². The number of halogens is 1. The number of para-hydroxylation sites is 1. The van der Waals surface area contributed by atoms with Crippen LogP contribution in [0.2, 0.25) is 0 Å². The van der Waals surface area contributed by atoms with Gasteiger partial charge in [0, 0.05) is 29.7 Å². The van der Waals surface area contributed by atoms with Crippen LogP contribution in [-0.2, 0) is 16.1 Å². The number of alkyl carbamates (subject to hydrolysis) is 1. The van der Waals surface area contributed by atoms with Crippen LogP contribution in [-0.4, -0.2) is 60.7 Å². The maximum Gasteiger partial charge on any atom is 0.408 e. The molecule has 2 aromatic carbocycles. The van der Waals surface area contributed by atoms with E-state index in [2.05, 4.69) is 38.3 Å². The minimum atomic E-state index is -0.574. The third-order valence-electron chi connectivity index (χ3n) is 7.64. The third kappa shape index (κ3) is 7.08. The first-order valence-corrected chi connectivity index (χ1v) is 14.3. The highest BCUT2D eigenvalue weighted by atomic mass is 79.9. The van der Waals surface area contributed by atoms with E-state index >= 15 is 0 Å². The molecule has 1 spiro atoms. The smallest absolute Gasteiger partial charge is 0.408 e. The minimum Gasteiger partial charge on any atom is -0.496 e. The van der Waals surface area contributed by atoms with E-state index in [-0.39, 0.29) is 11.5 Å². The van der Waals surface area contributed by atoms with Crippen LogP contribution < -0.4 is 10.1 Å². The molecular formula is C30H40BrN3O4. The summed E-state index contributed by atoms with van der Waals surface area (Å²) in [7, 11) is 1.64. The number of rotatable bonds is 8. The summed E-state index contributed by atoms with van der Waals surface area (Å²) in [6.45, 7) is 9.64. The number of piperidine rings is 1. The molecule has 2 amide bonds. The first kappa shape index (κ1) is 28.4.